The third-order valence-corrected chi connectivity index (χ3v) is 5.84. The van der Waals surface area contributed by atoms with Crippen LogP contribution in [0.3, 0.4) is 0 Å². The van der Waals surface area contributed by atoms with E-state index in [1.165, 1.54) is 24.3 Å². The van der Waals surface area contributed by atoms with Crippen LogP contribution in [0.2, 0.25) is 0 Å². The van der Waals surface area contributed by atoms with Gasteiger partial charge in [-0.3, -0.25) is 0 Å². The van der Waals surface area contributed by atoms with Crippen LogP contribution in [0.5, 0.6) is 11.6 Å². The molecule has 174 valence electrons. The van der Waals surface area contributed by atoms with Crippen molar-refractivity contribution < 1.29 is 26.7 Å². The second kappa shape index (κ2) is 9.30. The number of anilines is 2. The summed E-state index contributed by atoms with van der Waals surface area (Å²) >= 11 is 0. The van der Waals surface area contributed by atoms with Crippen molar-refractivity contribution in [3.05, 3.63) is 59.8 Å². The molecular formula is C23H23F2N3O4S. The van der Waals surface area contributed by atoms with Gasteiger partial charge in [-0.05, 0) is 55.2 Å². The molecule has 0 amide bonds. The Balaban J connectivity index is 1.79. The number of ether oxygens (including phenoxy) is 2. The molecule has 10 heteroatoms. The predicted octanol–water partition coefficient (Wildman–Crippen LogP) is 4.65. The number of hydrogen-bond donors (Lipinski definition) is 1. The van der Waals surface area contributed by atoms with Crippen molar-refractivity contribution in [1.29, 1.82) is 0 Å². The van der Waals surface area contributed by atoms with Gasteiger partial charge in [0.25, 0.3) is 0 Å². The third-order valence-electron chi connectivity index (χ3n) is 4.98. The molecule has 33 heavy (non-hydrogen) atoms. The van der Waals surface area contributed by atoms with Crippen molar-refractivity contribution in [2.24, 2.45) is 0 Å². The number of nitrogens with zero attached hydrogens (tertiary/aromatic N) is 2. The third kappa shape index (κ3) is 5.95. The maximum Gasteiger partial charge on any atom is 0.215 e. The van der Waals surface area contributed by atoms with E-state index in [4.69, 9.17) is 9.47 Å². The zero-order valence-electron chi connectivity index (χ0n) is 18.1. The van der Waals surface area contributed by atoms with Gasteiger partial charge in [0, 0.05) is 17.9 Å². The molecule has 1 aromatic carbocycles. The van der Waals surface area contributed by atoms with Gasteiger partial charge in [-0.1, -0.05) is 6.07 Å². The molecule has 2 aromatic heterocycles. The minimum atomic E-state index is -3.30. The second-order valence-corrected chi connectivity index (χ2v) is 10.1. The molecular weight excluding hydrogens is 452 g/mol. The summed E-state index contributed by atoms with van der Waals surface area (Å²) in [6.07, 6.45) is 3.11. The van der Waals surface area contributed by atoms with E-state index in [1.54, 1.807) is 12.1 Å². The Labute approximate surface area is 190 Å². The Hall–Kier alpha value is -3.27. The van der Waals surface area contributed by atoms with Crippen LogP contribution in [0.15, 0.2) is 42.6 Å². The average Bonchev–Trinajstić information content (AvgIpc) is 2.72. The summed E-state index contributed by atoms with van der Waals surface area (Å²) in [5.41, 5.74) is 1.12. The second-order valence-electron chi connectivity index (χ2n) is 8.01. The zero-order valence-corrected chi connectivity index (χ0v) is 19.0. The average molecular weight is 476 g/mol. The van der Waals surface area contributed by atoms with Crippen molar-refractivity contribution in [2.75, 3.05) is 18.2 Å². The molecule has 0 saturated carbocycles. The van der Waals surface area contributed by atoms with Gasteiger partial charge in [-0.25, -0.2) is 22.2 Å². The van der Waals surface area contributed by atoms with Crippen LogP contribution < -0.4 is 14.8 Å². The zero-order chi connectivity index (χ0) is 23.6. The SMILES string of the molecule is CC1CCCOc2cc(ccc2F)-c2cc(ncc2F)Nc2cc(CS(C)(=O)=O)cc(n2)O1. The summed E-state index contributed by atoms with van der Waals surface area (Å²) in [6.45, 7) is 2.10. The van der Waals surface area contributed by atoms with E-state index < -0.39 is 21.5 Å². The van der Waals surface area contributed by atoms with E-state index in [1.807, 2.05) is 6.92 Å². The summed E-state index contributed by atoms with van der Waals surface area (Å²) in [6, 6.07) is 8.77. The number of rotatable bonds is 2. The van der Waals surface area contributed by atoms with Gasteiger partial charge in [-0.15, -0.1) is 0 Å². The number of fused-ring (bicyclic) bond motifs is 7. The Morgan fingerprint density at radius 1 is 1.12 bits per heavy atom. The van der Waals surface area contributed by atoms with E-state index in [2.05, 4.69) is 15.3 Å². The van der Waals surface area contributed by atoms with Gasteiger partial charge in [0.2, 0.25) is 5.88 Å². The molecule has 1 aliphatic heterocycles. The van der Waals surface area contributed by atoms with Gasteiger partial charge in [0.1, 0.15) is 17.5 Å². The summed E-state index contributed by atoms with van der Waals surface area (Å²) in [5.74, 6) is -0.449. The van der Waals surface area contributed by atoms with Gasteiger partial charge in [0.05, 0.1) is 24.7 Å². The van der Waals surface area contributed by atoms with E-state index in [0.29, 0.717) is 29.8 Å². The minimum Gasteiger partial charge on any atom is -0.490 e. The quantitative estimate of drug-likeness (QED) is 0.577. The summed E-state index contributed by atoms with van der Waals surface area (Å²) < 4.78 is 63.9. The van der Waals surface area contributed by atoms with Crippen LogP contribution in [0.1, 0.15) is 25.3 Å². The molecule has 1 N–H and O–H groups in total. The molecule has 3 aromatic rings. The Morgan fingerprint density at radius 3 is 2.73 bits per heavy atom. The van der Waals surface area contributed by atoms with Gasteiger partial charge >= 0.3 is 0 Å². The molecule has 7 nitrogen and oxygen atoms in total. The fourth-order valence-corrected chi connectivity index (χ4v) is 4.30. The highest BCUT2D eigenvalue weighted by Gasteiger charge is 2.16. The molecule has 1 aliphatic rings. The first-order valence-electron chi connectivity index (χ1n) is 10.4. The number of aromatic nitrogens is 2. The first-order valence-corrected chi connectivity index (χ1v) is 12.4. The summed E-state index contributed by atoms with van der Waals surface area (Å²) in [5, 5.41) is 2.98. The van der Waals surface area contributed by atoms with Gasteiger partial charge in [-0.2, -0.15) is 4.98 Å². The number of benzene rings is 1. The lowest BCUT2D eigenvalue weighted by Crippen LogP contribution is -2.15. The van der Waals surface area contributed by atoms with Crippen LogP contribution >= 0.6 is 0 Å². The molecule has 4 rings (SSSR count). The summed E-state index contributed by atoms with van der Waals surface area (Å²) in [7, 11) is -3.30. The van der Waals surface area contributed by atoms with Crippen LogP contribution in [0, 0.1) is 11.6 Å². The Kier molecular flexibility index (Phi) is 6.46. The Bertz CT molecular complexity index is 1280. The van der Waals surface area contributed by atoms with Crippen LogP contribution in [-0.2, 0) is 15.6 Å². The molecule has 1 atom stereocenters. The van der Waals surface area contributed by atoms with E-state index in [-0.39, 0.29) is 41.5 Å². The molecule has 0 saturated heterocycles. The molecule has 0 radical (unpaired) electrons. The molecule has 1 unspecified atom stereocenters. The fourth-order valence-electron chi connectivity index (χ4n) is 3.53. The number of hydrogen-bond acceptors (Lipinski definition) is 7. The first kappa shape index (κ1) is 22.9. The van der Waals surface area contributed by atoms with Crippen LogP contribution in [0.4, 0.5) is 20.4 Å². The lowest BCUT2D eigenvalue weighted by molar-refractivity contribution is 0.186. The minimum absolute atomic E-state index is 0.0381. The highest BCUT2D eigenvalue weighted by Crippen LogP contribution is 2.31. The van der Waals surface area contributed by atoms with Gasteiger partial charge in [0.15, 0.2) is 21.4 Å². The smallest absolute Gasteiger partial charge is 0.215 e. The number of pyridine rings is 2. The molecule has 0 fully saturated rings. The maximum absolute atomic E-state index is 14.6. The lowest BCUT2D eigenvalue weighted by atomic mass is 10.1. The predicted molar refractivity (Wildman–Crippen MR) is 120 cm³/mol. The van der Waals surface area contributed by atoms with Crippen LogP contribution in [-0.4, -0.2) is 37.4 Å². The highest BCUT2D eigenvalue weighted by molar-refractivity contribution is 7.89. The van der Waals surface area contributed by atoms with Crippen molar-refractivity contribution in [3.8, 4) is 22.8 Å². The fraction of sp³-hybridized carbons (Fsp3) is 0.304. The van der Waals surface area contributed by atoms with Crippen molar-refractivity contribution in [2.45, 2.75) is 31.6 Å². The van der Waals surface area contributed by atoms with Crippen molar-refractivity contribution in [3.63, 3.8) is 0 Å². The topological polar surface area (TPSA) is 90.4 Å². The van der Waals surface area contributed by atoms with E-state index in [9.17, 15) is 17.2 Å². The van der Waals surface area contributed by atoms with Crippen LogP contribution in [0.25, 0.3) is 11.1 Å². The highest BCUT2D eigenvalue weighted by atomic mass is 32.2. The lowest BCUT2D eigenvalue weighted by Gasteiger charge is -2.17. The number of halogens is 2. The first-order chi connectivity index (χ1) is 15.7. The van der Waals surface area contributed by atoms with Gasteiger partial charge < -0.3 is 14.8 Å². The summed E-state index contributed by atoms with van der Waals surface area (Å²) in [4.78, 5) is 8.46. The van der Waals surface area contributed by atoms with Crippen molar-refractivity contribution >= 4 is 21.5 Å². The maximum atomic E-state index is 14.6. The normalized spacial score (nSPS) is 16.3. The molecule has 3 heterocycles. The van der Waals surface area contributed by atoms with E-state index >= 15 is 0 Å². The van der Waals surface area contributed by atoms with Crippen molar-refractivity contribution in [1.82, 2.24) is 9.97 Å². The van der Waals surface area contributed by atoms with E-state index in [0.717, 1.165) is 12.5 Å². The standard InChI is InChI=1S/C23H23F2N3O4S/c1-14-4-3-7-31-20-10-16(5-6-18(20)24)17-11-21(26-12-19(17)25)27-22-8-15(13-33(2,29)30)9-23(28-22)32-14/h5-6,8-12,14H,3-4,7,13H2,1-2H3,(H,26,27,28). The largest absolute Gasteiger partial charge is 0.490 e. The monoisotopic (exact) mass is 475 g/mol. The number of sulfone groups is 1. The number of nitrogens with one attached hydrogen (secondary N) is 1. The Morgan fingerprint density at radius 2 is 1.94 bits per heavy atom. The molecule has 0 aliphatic carbocycles. The molecule has 6 bridgehead atoms. The molecule has 0 spiro atoms.